The fourth-order valence-corrected chi connectivity index (χ4v) is 4.51. The molecule has 4 rings (SSSR count). The first-order valence-corrected chi connectivity index (χ1v) is 10.3. The number of methoxy groups -OCH3 is 1. The molecule has 0 aliphatic carbocycles. The second kappa shape index (κ2) is 7.94. The maximum absolute atomic E-state index is 5.21. The smallest absolute Gasteiger partial charge is 0.196 e. The average Bonchev–Trinajstić information content (AvgIpc) is 3.34. The minimum absolute atomic E-state index is 0.748. The predicted molar refractivity (Wildman–Crippen MR) is 110 cm³/mol. The SMILES string of the molecule is COc1ccc(-c2nc(CSc3nnc(C)n3-c3ccccc3)cs2)cc1. The van der Waals surface area contributed by atoms with E-state index in [4.69, 9.17) is 9.72 Å². The Bertz CT molecular complexity index is 1030. The molecular formula is C20H18N4OS2. The van der Waals surface area contributed by atoms with Crippen LogP contribution in [-0.4, -0.2) is 26.9 Å². The quantitative estimate of drug-likeness (QED) is 0.431. The first-order valence-electron chi connectivity index (χ1n) is 8.43. The van der Waals surface area contributed by atoms with Crippen molar-refractivity contribution in [2.24, 2.45) is 0 Å². The molecular weight excluding hydrogens is 376 g/mol. The highest BCUT2D eigenvalue weighted by Gasteiger charge is 2.13. The fraction of sp³-hybridized carbons (Fsp3) is 0.150. The van der Waals surface area contributed by atoms with Crippen LogP contribution in [0.25, 0.3) is 16.3 Å². The highest BCUT2D eigenvalue weighted by molar-refractivity contribution is 7.98. The number of nitrogens with zero attached hydrogens (tertiary/aromatic N) is 4. The number of thiazole rings is 1. The Hall–Kier alpha value is -2.64. The molecule has 0 unspecified atom stereocenters. The Morgan fingerprint density at radius 2 is 1.81 bits per heavy atom. The zero-order valence-corrected chi connectivity index (χ0v) is 16.6. The Balaban J connectivity index is 1.50. The largest absolute Gasteiger partial charge is 0.497 e. The van der Waals surface area contributed by atoms with E-state index >= 15 is 0 Å². The van der Waals surface area contributed by atoms with Gasteiger partial charge in [0.25, 0.3) is 0 Å². The molecule has 0 saturated carbocycles. The normalized spacial score (nSPS) is 10.9. The number of aromatic nitrogens is 4. The highest BCUT2D eigenvalue weighted by Crippen LogP contribution is 2.29. The summed E-state index contributed by atoms with van der Waals surface area (Å²) in [6, 6.07) is 18.1. The van der Waals surface area contributed by atoms with Crippen molar-refractivity contribution in [3.8, 4) is 22.0 Å². The van der Waals surface area contributed by atoms with Gasteiger partial charge in [0.2, 0.25) is 0 Å². The van der Waals surface area contributed by atoms with Crippen molar-refractivity contribution in [3.63, 3.8) is 0 Å². The Morgan fingerprint density at radius 3 is 2.56 bits per heavy atom. The van der Waals surface area contributed by atoms with Crippen LogP contribution in [0.4, 0.5) is 0 Å². The molecule has 2 aromatic heterocycles. The number of rotatable bonds is 6. The maximum atomic E-state index is 5.21. The van der Waals surface area contributed by atoms with E-state index in [2.05, 4.69) is 32.3 Å². The van der Waals surface area contributed by atoms with Gasteiger partial charge < -0.3 is 4.74 Å². The second-order valence-corrected chi connectivity index (χ2v) is 7.66. The number of aryl methyl sites for hydroxylation is 1. The van der Waals surface area contributed by atoms with E-state index in [0.717, 1.165) is 44.4 Å². The molecule has 0 amide bonds. The molecule has 0 bridgehead atoms. The van der Waals surface area contributed by atoms with Crippen LogP contribution in [0.3, 0.4) is 0 Å². The lowest BCUT2D eigenvalue weighted by Crippen LogP contribution is -1.98. The zero-order valence-electron chi connectivity index (χ0n) is 15.0. The van der Waals surface area contributed by atoms with Gasteiger partial charge in [0.15, 0.2) is 5.16 Å². The number of ether oxygens (including phenoxy) is 1. The molecule has 0 spiro atoms. The van der Waals surface area contributed by atoms with E-state index in [9.17, 15) is 0 Å². The Kier molecular flexibility index (Phi) is 5.22. The lowest BCUT2D eigenvalue weighted by molar-refractivity contribution is 0.415. The summed E-state index contributed by atoms with van der Waals surface area (Å²) >= 11 is 3.29. The average molecular weight is 395 g/mol. The second-order valence-electron chi connectivity index (χ2n) is 5.86. The van der Waals surface area contributed by atoms with Crippen molar-refractivity contribution >= 4 is 23.1 Å². The summed E-state index contributed by atoms with van der Waals surface area (Å²) < 4.78 is 7.28. The predicted octanol–water partition coefficient (Wildman–Crippen LogP) is 5.00. The third kappa shape index (κ3) is 3.89. The summed E-state index contributed by atoms with van der Waals surface area (Å²) in [4.78, 5) is 4.76. The van der Waals surface area contributed by atoms with Crippen LogP contribution in [0, 0.1) is 6.92 Å². The van der Waals surface area contributed by atoms with Crippen LogP contribution in [0.5, 0.6) is 5.75 Å². The number of hydrogen-bond acceptors (Lipinski definition) is 6. The van der Waals surface area contributed by atoms with Gasteiger partial charge in [-0.1, -0.05) is 30.0 Å². The number of para-hydroxylation sites is 1. The molecule has 0 aliphatic heterocycles. The van der Waals surface area contributed by atoms with E-state index in [0.29, 0.717) is 0 Å². The molecule has 0 fully saturated rings. The zero-order chi connectivity index (χ0) is 18.6. The van der Waals surface area contributed by atoms with Crippen LogP contribution in [0.2, 0.25) is 0 Å². The molecule has 136 valence electrons. The van der Waals surface area contributed by atoms with E-state index < -0.39 is 0 Å². The van der Waals surface area contributed by atoms with Crippen LogP contribution in [0.1, 0.15) is 11.5 Å². The maximum Gasteiger partial charge on any atom is 0.196 e. The Morgan fingerprint density at radius 1 is 1.04 bits per heavy atom. The van der Waals surface area contributed by atoms with Gasteiger partial charge in [0.05, 0.1) is 12.8 Å². The van der Waals surface area contributed by atoms with Crippen LogP contribution in [-0.2, 0) is 5.75 Å². The summed E-state index contributed by atoms with van der Waals surface area (Å²) in [5.74, 6) is 2.47. The molecule has 2 aromatic carbocycles. The lowest BCUT2D eigenvalue weighted by atomic mass is 10.2. The van der Waals surface area contributed by atoms with E-state index in [1.807, 2.05) is 49.4 Å². The van der Waals surface area contributed by atoms with Gasteiger partial charge in [0, 0.05) is 22.4 Å². The van der Waals surface area contributed by atoms with Gasteiger partial charge in [-0.3, -0.25) is 4.57 Å². The van der Waals surface area contributed by atoms with Crippen LogP contribution in [0.15, 0.2) is 65.1 Å². The van der Waals surface area contributed by atoms with Crippen molar-refractivity contribution in [1.29, 1.82) is 0 Å². The van der Waals surface area contributed by atoms with E-state index in [1.165, 1.54) is 0 Å². The highest BCUT2D eigenvalue weighted by atomic mass is 32.2. The molecule has 4 aromatic rings. The van der Waals surface area contributed by atoms with Crippen molar-refractivity contribution in [2.45, 2.75) is 17.8 Å². The van der Waals surface area contributed by atoms with E-state index in [1.54, 1.807) is 30.2 Å². The van der Waals surface area contributed by atoms with Gasteiger partial charge in [-0.2, -0.15) is 0 Å². The summed E-state index contributed by atoms with van der Waals surface area (Å²) in [7, 11) is 1.67. The van der Waals surface area contributed by atoms with Gasteiger partial charge in [0.1, 0.15) is 16.6 Å². The first kappa shape index (κ1) is 17.8. The lowest BCUT2D eigenvalue weighted by Gasteiger charge is -2.07. The minimum atomic E-state index is 0.748. The standard InChI is InChI=1S/C20H18N4OS2/c1-14-22-23-20(24(14)17-6-4-3-5-7-17)27-13-16-12-26-19(21-16)15-8-10-18(25-2)11-9-15/h3-12H,13H2,1-2H3. The fourth-order valence-electron chi connectivity index (χ4n) is 2.69. The third-order valence-electron chi connectivity index (χ3n) is 4.05. The molecule has 0 radical (unpaired) electrons. The monoisotopic (exact) mass is 394 g/mol. The first-order chi connectivity index (χ1) is 13.2. The minimum Gasteiger partial charge on any atom is -0.497 e. The molecule has 0 N–H and O–H groups in total. The molecule has 0 saturated heterocycles. The summed E-state index contributed by atoms with van der Waals surface area (Å²) in [5, 5.41) is 12.5. The summed E-state index contributed by atoms with van der Waals surface area (Å²) in [6.07, 6.45) is 0. The topological polar surface area (TPSA) is 52.8 Å². The van der Waals surface area contributed by atoms with Crippen molar-refractivity contribution in [1.82, 2.24) is 19.7 Å². The third-order valence-corrected chi connectivity index (χ3v) is 5.95. The van der Waals surface area contributed by atoms with Gasteiger partial charge in [-0.05, 0) is 43.3 Å². The van der Waals surface area contributed by atoms with Crippen molar-refractivity contribution < 1.29 is 4.74 Å². The van der Waals surface area contributed by atoms with Crippen LogP contribution >= 0.6 is 23.1 Å². The molecule has 0 atom stereocenters. The molecule has 7 heteroatoms. The molecule has 5 nitrogen and oxygen atoms in total. The summed E-state index contributed by atoms with van der Waals surface area (Å²) in [6.45, 7) is 1.97. The molecule has 0 aliphatic rings. The van der Waals surface area contributed by atoms with E-state index in [-0.39, 0.29) is 0 Å². The van der Waals surface area contributed by atoms with Crippen molar-refractivity contribution in [3.05, 3.63) is 71.5 Å². The number of benzene rings is 2. The molecule has 2 heterocycles. The molecule has 27 heavy (non-hydrogen) atoms. The van der Waals surface area contributed by atoms with Gasteiger partial charge in [-0.25, -0.2) is 4.98 Å². The van der Waals surface area contributed by atoms with Gasteiger partial charge in [-0.15, -0.1) is 21.5 Å². The van der Waals surface area contributed by atoms with Gasteiger partial charge >= 0.3 is 0 Å². The Labute approximate surface area is 166 Å². The summed E-state index contributed by atoms with van der Waals surface area (Å²) in [5.41, 5.74) is 3.20. The number of thioether (sulfide) groups is 1. The van der Waals surface area contributed by atoms with Crippen LogP contribution < -0.4 is 4.74 Å². The van der Waals surface area contributed by atoms with Crippen molar-refractivity contribution in [2.75, 3.05) is 7.11 Å². The number of hydrogen-bond donors (Lipinski definition) is 0.